The molecule has 0 spiro atoms. The molecule has 0 saturated heterocycles. The van der Waals surface area contributed by atoms with Gasteiger partial charge in [0.15, 0.2) is 17.0 Å². The van der Waals surface area contributed by atoms with Crippen LogP contribution in [0.5, 0.6) is 12.0 Å². The number of amides is 2. The van der Waals surface area contributed by atoms with Gasteiger partial charge in [-0.05, 0) is 37.0 Å². The molecule has 3 rings (SSSR count). The highest BCUT2D eigenvalue weighted by Gasteiger charge is 2.17. The number of aromatic hydroxyl groups is 1. The van der Waals surface area contributed by atoms with E-state index in [4.69, 9.17) is 29.8 Å². The number of carbonyl (C=O) groups excluding carboxylic acids is 2. The van der Waals surface area contributed by atoms with Gasteiger partial charge in [-0.25, -0.2) is 0 Å². The number of carbonyl (C=O) groups is 3. The number of hydrogen-bond acceptors (Lipinski definition) is 12. The van der Waals surface area contributed by atoms with Crippen LogP contribution in [0.25, 0.3) is 11.2 Å². The number of hydrogen-bond donors (Lipinski definition) is 5. The first-order valence-corrected chi connectivity index (χ1v) is 15.7. The summed E-state index contributed by atoms with van der Waals surface area (Å²) < 4.78 is 23.5. The second-order valence-corrected chi connectivity index (χ2v) is 10.5. The van der Waals surface area contributed by atoms with Crippen molar-refractivity contribution in [3.63, 3.8) is 0 Å². The first kappa shape index (κ1) is 36.9. The van der Waals surface area contributed by atoms with E-state index in [2.05, 4.69) is 32.5 Å². The number of imidazole rings is 1. The van der Waals surface area contributed by atoms with E-state index in [1.165, 1.54) is 4.57 Å². The van der Waals surface area contributed by atoms with Crippen LogP contribution in [0.2, 0.25) is 0 Å². The zero-order valence-electron chi connectivity index (χ0n) is 26.7. The number of nitrogens with one attached hydrogen (secondary N) is 2. The van der Waals surface area contributed by atoms with E-state index in [1.54, 1.807) is 24.3 Å². The van der Waals surface area contributed by atoms with Crippen LogP contribution in [-0.4, -0.2) is 107 Å². The highest BCUT2D eigenvalue weighted by molar-refractivity contribution is 5.94. The third-order valence-electron chi connectivity index (χ3n) is 6.72. The molecule has 2 heterocycles. The number of carboxylic acid groups (broad SMARTS) is 1. The van der Waals surface area contributed by atoms with Gasteiger partial charge in [-0.15, -0.1) is 0 Å². The summed E-state index contributed by atoms with van der Waals surface area (Å²) in [7, 11) is 0. The smallest absolute Gasteiger partial charge is 0.320 e. The van der Waals surface area contributed by atoms with E-state index >= 15 is 0 Å². The van der Waals surface area contributed by atoms with E-state index in [-0.39, 0.29) is 54.6 Å². The number of nitrogen functional groups attached to an aromatic ring is 1. The molecule has 0 aliphatic carbocycles. The molecule has 2 aromatic heterocycles. The Bertz CT molecular complexity index is 1420. The number of fused-ring (bicyclic) bond motifs is 1. The molecule has 258 valence electrons. The second-order valence-electron chi connectivity index (χ2n) is 10.5. The predicted octanol–water partition coefficient (Wildman–Crippen LogP) is 1.88. The summed E-state index contributed by atoms with van der Waals surface area (Å²) in [5.41, 5.74) is 7.99. The van der Waals surface area contributed by atoms with Crippen molar-refractivity contribution in [3.8, 4) is 12.0 Å². The van der Waals surface area contributed by atoms with E-state index in [9.17, 15) is 19.5 Å². The minimum Gasteiger partial charge on any atom is -0.481 e. The molecule has 1 aromatic carbocycles. The monoisotopic (exact) mass is 659 g/mol. The lowest BCUT2D eigenvalue weighted by Gasteiger charge is -2.09. The Morgan fingerprint density at radius 1 is 0.830 bits per heavy atom. The maximum absolute atomic E-state index is 12.6. The summed E-state index contributed by atoms with van der Waals surface area (Å²) in [5.74, 6) is -1.36. The van der Waals surface area contributed by atoms with Gasteiger partial charge >= 0.3 is 12.0 Å². The molecular weight excluding hydrogens is 614 g/mol. The number of anilines is 1. The fourth-order valence-electron chi connectivity index (χ4n) is 4.18. The zero-order valence-corrected chi connectivity index (χ0v) is 26.7. The molecule has 6 N–H and O–H groups in total. The number of nitrogens with two attached hydrogens (primary N) is 1. The molecule has 3 aromatic rings. The van der Waals surface area contributed by atoms with Gasteiger partial charge < -0.3 is 45.5 Å². The molecule has 16 heteroatoms. The molecule has 0 saturated carbocycles. The van der Waals surface area contributed by atoms with Crippen LogP contribution in [0.1, 0.15) is 61.4 Å². The maximum Gasteiger partial charge on any atom is 0.320 e. The van der Waals surface area contributed by atoms with Crippen molar-refractivity contribution >= 4 is 34.8 Å². The number of aliphatic carboxylic acids is 1. The van der Waals surface area contributed by atoms with Crippen LogP contribution >= 0.6 is 0 Å². The number of benzene rings is 1. The SMILES string of the molecule is CCCCOc1nc(N)c2nc(O)n(Cc3ccc(C(=O)NCCCOCCOCCOCCCNC(=O)CCC(=O)O)cc3)c2n1. The summed E-state index contributed by atoms with van der Waals surface area (Å²) in [6.45, 7) is 6.26. The first-order valence-electron chi connectivity index (χ1n) is 15.7. The molecule has 16 nitrogen and oxygen atoms in total. The topological polar surface area (TPSA) is 222 Å². The fraction of sp³-hybridized carbons (Fsp3) is 0.548. The van der Waals surface area contributed by atoms with Crippen molar-refractivity contribution in [1.29, 1.82) is 0 Å². The molecule has 2 amide bonds. The van der Waals surface area contributed by atoms with Gasteiger partial charge in [-0.2, -0.15) is 15.0 Å². The Kier molecular flexibility index (Phi) is 16.1. The molecule has 0 aliphatic heterocycles. The van der Waals surface area contributed by atoms with E-state index < -0.39 is 5.97 Å². The number of ether oxygens (including phenoxy) is 4. The zero-order chi connectivity index (χ0) is 33.9. The van der Waals surface area contributed by atoms with Crippen LogP contribution in [0.3, 0.4) is 0 Å². The maximum atomic E-state index is 12.6. The lowest BCUT2D eigenvalue weighted by atomic mass is 10.1. The fourth-order valence-corrected chi connectivity index (χ4v) is 4.18. The van der Waals surface area contributed by atoms with Crippen LogP contribution in [0.15, 0.2) is 24.3 Å². The number of aromatic nitrogens is 4. The third kappa shape index (κ3) is 13.4. The van der Waals surface area contributed by atoms with Crippen molar-refractivity contribution in [2.75, 3.05) is 65.1 Å². The molecule has 0 radical (unpaired) electrons. The van der Waals surface area contributed by atoms with Crippen molar-refractivity contribution in [2.24, 2.45) is 0 Å². The van der Waals surface area contributed by atoms with Gasteiger partial charge in [-0.3, -0.25) is 19.0 Å². The molecule has 0 fully saturated rings. The van der Waals surface area contributed by atoms with Crippen molar-refractivity contribution in [3.05, 3.63) is 35.4 Å². The lowest BCUT2D eigenvalue weighted by molar-refractivity contribution is -0.138. The van der Waals surface area contributed by atoms with Crippen LogP contribution in [0, 0.1) is 0 Å². The molecule has 0 bridgehead atoms. The Balaban J connectivity index is 1.24. The number of nitrogens with zero attached hydrogens (tertiary/aromatic N) is 4. The van der Waals surface area contributed by atoms with E-state index in [0.29, 0.717) is 83.4 Å². The second kappa shape index (κ2) is 20.6. The Labute approximate surface area is 273 Å². The quantitative estimate of drug-likeness (QED) is 0.0868. The molecule has 0 aliphatic rings. The highest BCUT2D eigenvalue weighted by Crippen LogP contribution is 2.26. The Morgan fingerprint density at radius 3 is 2.11 bits per heavy atom. The first-order chi connectivity index (χ1) is 22.8. The largest absolute Gasteiger partial charge is 0.481 e. The number of rotatable bonds is 24. The summed E-state index contributed by atoms with van der Waals surface area (Å²) in [4.78, 5) is 47.0. The standard InChI is InChI=1S/C31H45N7O9/c1-2-3-16-47-30-36-27(32)26-28(37-30)38(31(43)35-26)21-22-6-8-23(9-7-22)29(42)34-13-5-15-45-18-20-46-19-17-44-14-4-12-33-24(39)10-11-25(40)41/h6-9H,2-5,10-21H2,1H3,(H,33,39)(H,34,42)(H,35,43)(H,40,41)(H2,32,36,37). The normalized spacial score (nSPS) is 11.1. The van der Waals surface area contributed by atoms with E-state index in [1.807, 2.05) is 0 Å². The minimum absolute atomic E-state index is 0.0262. The Morgan fingerprint density at radius 2 is 1.47 bits per heavy atom. The van der Waals surface area contributed by atoms with E-state index in [0.717, 1.165) is 18.4 Å². The Hall–Kier alpha value is -4.54. The lowest BCUT2D eigenvalue weighted by Crippen LogP contribution is -2.25. The van der Waals surface area contributed by atoms with Crippen LogP contribution in [0.4, 0.5) is 5.82 Å². The van der Waals surface area contributed by atoms with Gasteiger partial charge in [0.05, 0.1) is 46.0 Å². The molecule has 0 atom stereocenters. The van der Waals surface area contributed by atoms with Crippen molar-refractivity contribution in [1.82, 2.24) is 30.2 Å². The van der Waals surface area contributed by atoms with Crippen molar-refractivity contribution in [2.45, 2.75) is 52.0 Å². The van der Waals surface area contributed by atoms with Gasteiger partial charge in [0.25, 0.3) is 11.9 Å². The summed E-state index contributed by atoms with van der Waals surface area (Å²) in [5, 5.41) is 24.5. The van der Waals surface area contributed by atoms with Crippen molar-refractivity contribution < 1.29 is 43.5 Å². The van der Waals surface area contributed by atoms with Gasteiger partial charge in [0.1, 0.15) is 0 Å². The molecule has 0 unspecified atom stereocenters. The molecule has 47 heavy (non-hydrogen) atoms. The minimum atomic E-state index is -0.995. The van der Waals surface area contributed by atoms with Crippen LogP contribution in [-0.2, 0) is 30.3 Å². The summed E-state index contributed by atoms with van der Waals surface area (Å²) in [6, 6.07) is 6.90. The molecular formula is C31H45N7O9. The third-order valence-corrected chi connectivity index (χ3v) is 6.72. The van der Waals surface area contributed by atoms with Gasteiger partial charge in [-0.1, -0.05) is 25.5 Å². The summed E-state index contributed by atoms with van der Waals surface area (Å²) >= 11 is 0. The number of unbranched alkanes of at least 4 members (excludes halogenated alkanes) is 1. The average molecular weight is 660 g/mol. The summed E-state index contributed by atoms with van der Waals surface area (Å²) in [6.07, 6.45) is 2.88. The number of carboxylic acids is 1. The van der Waals surface area contributed by atoms with Crippen LogP contribution < -0.4 is 21.1 Å². The average Bonchev–Trinajstić information content (AvgIpc) is 3.37. The highest BCUT2D eigenvalue weighted by atomic mass is 16.5. The van der Waals surface area contributed by atoms with Gasteiger partial charge in [0.2, 0.25) is 5.91 Å². The predicted molar refractivity (Wildman–Crippen MR) is 171 cm³/mol. The van der Waals surface area contributed by atoms with Gasteiger partial charge in [0, 0.05) is 38.3 Å².